The summed E-state index contributed by atoms with van der Waals surface area (Å²) < 4.78 is 39.6. The molecule has 4 fully saturated rings. The molecule has 0 aromatic carbocycles. The van der Waals surface area contributed by atoms with Gasteiger partial charge in [-0.2, -0.15) is 0 Å². The van der Waals surface area contributed by atoms with E-state index < -0.39 is 23.5 Å². The molecule has 418 valence electrons. The molecule has 0 spiro atoms. The van der Waals surface area contributed by atoms with Crippen molar-refractivity contribution < 1.29 is 61.9 Å². The quantitative estimate of drug-likeness (QED) is 0.0244. The Labute approximate surface area is 440 Å². The smallest absolute Gasteiger partial charge is 0.465 e. The summed E-state index contributed by atoms with van der Waals surface area (Å²) in [4.78, 5) is 80.1. The first-order chi connectivity index (χ1) is 35.4. The second-order valence-electron chi connectivity index (χ2n) is 21.6. The lowest BCUT2D eigenvalue weighted by molar-refractivity contribution is -0.169. The second kappa shape index (κ2) is 38.6. The van der Waals surface area contributed by atoms with Crippen LogP contribution in [0.3, 0.4) is 0 Å². The molecule has 0 aliphatic heterocycles. The first kappa shape index (κ1) is 63.4. The Morgan fingerprint density at radius 1 is 0.438 bits per heavy atom. The standard InChI is InChI=1S/C59H99NO13/c1-5-9-11-13-15-21-27-35-67-52(61)30-23-17-19-25-32-54(63)70-45-59(48-73-57(66)69-37-29-34-60(7-3)8-4,47-72-56(65)44-58-41-49-38-50(42-58)40-51(39-49)43-58)46-71-55(64)33-26-20-18-24-31-53(62)68-36-28-22-16-14-12-10-6-2/h15-16,21-22,49-51H,5-14,17-20,23-48H2,1-4H3/b21-15-,22-16-. The third-order valence-electron chi connectivity index (χ3n) is 14.9. The van der Waals surface area contributed by atoms with Crippen molar-refractivity contribution in [3.8, 4) is 0 Å². The zero-order valence-electron chi connectivity index (χ0n) is 46.1. The van der Waals surface area contributed by atoms with E-state index in [9.17, 15) is 28.8 Å². The number of hydrogen-bond donors (Lipinski definition) is 0. The SMILES string of the molecule is CCCCC/C=C\CCOC(=O)CCCCCCC(=O)OCC(COC(=O)CCCCCCC(=O)OCC/C=C\CCCCC)(COC(=O)CC12CC3CC(CC(C3)C1)C2)COC(=O)OCCCN(CC)CC. The molecule has 0 aromatic rings. The van der Waals surface area contributed by atoms with Crippen LogP contribution in [0.5, 0.6) is 0 Å². The Morgan fingerprint density at radius 2 is 0.836 bits per heavy atom. The third-order valence-corrected chi connectivity index (χ3v) is 14.9. The molecule has 0 atom stereocenters. The van der Waals surface area contributed by atoms with E-state index in [0.717, 1.165) is 64.6 Å². The molecule has 0 radical (unpaired) electrons. The van der Waals surface area contributed by atoms with Crippen LogP contribution in [0.2, 0.25) is 0 Å². The Bertz CT molecular complexity index is 1520. The van der Waals surface area contributed by atoms with Crippen LogP contribution in [-0.4, -0.2) is 107 Å². The van der Waals surface area contributed by atoms with Gasteiger partial charge >= 0.3 is 36.0 Å². The molecule has 0 N–H and O–H groups in total. The summed E-state index contributed by atoms with van der Waals surface area (Å²) in [7, 11) is 0. The van der Waals surface area contributed by atoms with Gasteiger partial charge in [-0.05, 0) is 145 Å². The Balaban J connectivity index is 1.56. The van der Waals surface area contributed by atoms with Crippen LogP contribution in [0.4, 0.5) is 4.79 Å². The Hall–Kier alpha value is -3.94. The fraction of sp³-hybridized carbons (Fsp3) is 0.831. The summed E-state index contributed by atoms with van der Waals surface area (Å²) in [6, 6.07) is 0. The maximum absolute atomic E-state index is 13.8. The van der Waals surface area contributed by atoms with Gasteiger partial charge in [-0.3, -0.25) is 24.0 Å². The topological polar surface area (TPSA) is 170 Å². The molecular formula is C59H99NO13. The molecule has 73 heavy (non-hydrogen) atoms. The van der Waals surface area contributed by atoms with Crippen LogP contribution in [-0.2, 0) is 57.1 Å². The molecule has 4 aliphatic carbocycles. The van der Waals surface area contributed by atoms with Gasteiger partial charge in [0.2, 0.25) is 0 Å². The molecule has 4 rings (SSSR count). The summed E-state index contributed by atoms with van der Waals surface area (Å²) >= 11 is 0. The Morgan fingerprint density at radius 3 is 1.26 bits per heavy atom. The summed E-state index contributed by atoms with van der Waals surface area (Å²) in [6.07, 6.45) is 32.1. The predicted molar refractivity (Wildman–Crippen MR) is 283 cm³/mol. The fourth-order valence-electron chi connectivity index (χ4n) is 11.1. The number of rotatable bonds is 44. The van der Waals surface area contributed by atoms with E-state index in [4.69, 9.17) is 33.2 Å². The average Bonchev–Trinajstić information content (AvgIpc) is 3.36. The van der Waals surface area contributed by atoms with Crippen LogP contribution < -0.4 is 0 Å². The van der Waals surface area contributed by atoms with Gasteiger partial charge in [-0.1, -0.05) is 103 Å². The van der Waals surface area contributed by atoms with Gasteiger partial charge in [-0.15, -0.1) is 0 Å². The molecular weight excluding hydrogens is 931 g/mol. The second-order valence-corrected chi connectivity index (χ2v) is 21.6. The molecule has 14 nitrogen and oxygen atoms in total. The van der Waals surface area contributed by atoms with Gasteiger partial charge in [0.25, 0.3) is 0 Å². The Kier molecular flexibility index (Phi) is 33.5. The molecule has 4 bridgehead atoms. The van der Waals surface area contributed by atoms with Crippen LogP contribution in [0.25, 0.3) is 0 Å². The van der Waals surface area contributed by atoms with Crippen molar-refractivity contribution in [2.45, 2.75) is 220 Å². The van der Waals surface area contributed by atoms with Crippen molar-refractivity contribution >= 4 is 36.0 Å². The molecule has 0 amide bonds. The minimum atomic E-state index is -1.40. The monoisotopic (exact) mass is 1030 g/mol. The lowest BCUT2D eigenvalue weighted by atomic mass is 9.49. The normalized spacial score (nSPS) is 19.1. The zero-order chi connectivity index (χ0) is 52.8. The van der Waals surface area contributed by atoms with Gasteiger partial charge in [-0.25, -0.2) is 4.79 Å². The van der Waals surface area contributed by atoms with Gasteiger partial charge < -0.3 is 38.1 Å². The first-order valence-corrected chi connectivity index (χ1v) is 29.0. The van der Waals surface area contributed by atoms with Crippen molar-refractivity contribution in [1.29, 1.82) is 0 Å². The van der Waals surface area contributed by atoms with Crippen molar-refractivity contribution in [2.24, 2.45) is 28.6 Å². The van der Waals surface area contributed by atoms with Crippen molar-refractivity contribution in [1.82, 2.24) is 4.90 Å². The highest BCUT2D eigenvalue weighted by atomic mass is 16.7. The molecule has 0 saturated heterocycles. The molecule has 4 saturated carbocycles. The lowest BCUT2D eigenvalue weighted by Crippen LogP contribution is -2.47. The molecule has 14 heteroatoms. The van der Waals surface area contributed by atoms with Crippen molar-refractivity contribution in [2.75, 3.05) is 65.9 Å². The van der Waals surface area contributed by atoms with Crippen LogP contribution >= 0.6 is 0 Å². The van der Waals surface area contributed by atoms with E-state index in [1.807, 2.05) is 0 Å². The van der Waals surface area contributed by atoms with Crippen molar-refractivity contribution in [3.63, 3.8) is 0 Å². The van der Waals surface area contributed by atoms with Crippen LogP contribution in [0.1, 0.15) is 220 Å². The lowest BCUT2D eigenvalue weighted by Gasteiger charge is -2.56. The van der Waals surface area contributed by atoms with E-state index in [2.05, 4.69) is 56.9 Å². The number of unbranched alkanes of at least 4 members (excludes halogenated alkanes) is 12. The maximum Gasteiger partial charge on any atom is 0.508 e. The largest absolute Gasteiger partial charge is 0.508 e. The van der Waals surface area contributed by atoms with E-state index in [1.54, 1.807) is 0 Å². The van der Waals surface area contributed by atoms with E-state index in [1.165, 1.54) is 57.8 Å². The van der Waals surface area contributed by atoms with E-state index >= 15 is 0 Å². The number of nitrogens with zero attached hydrogens (tertiary/aromatic N) is 1. The highest BCUT2D eigenvalue weighted by molar-refractivity contribution is 5.71. The highest BCUT2D eigenvalue weighted by Crippen LogP contribution is 2.61. The van der Waals surface area contributed by atoms with Gasteiger partial charge in [0.15, 0.2) is 0 Å². The molecule has 4 aliphatic rings. The van der Waals surface area contributed by atoms with Crippen LogP contribution in [0.15, 0.2) is 24.3 Å². The zero-order valence-corrected chi connectivity index (χ0v) is 46.1. The molecule has 0 heterocycles. The number of ether oxygens (including phenoxy) is 7. The highest BCUT2D eigenvalue weighted by Gasteiger charge is 2.52. The van der Waals surface area contributed by atoms with E-state index in [-0.39, 0.29) is 69.2 Å². The van der Waals surface area contributed by atoms with Gasteiger partial charge in [0.05, 0.1) is 26.2 Å². The molecule has 0 aromatic heterocycles. The number of carbonyl (C=O) groups is 6. The summed E-state index contributed by atoms with van der Waals surface area (Å²) in [5.74, 6) is 0.178. The maximum atomic E-state index is 13.8. The predicted octanol–water partition coefficient (Wildman–Crippen LogP) is 12.9. The third kappa shape index (κ3) is 29.1. The van der Waals surface area contributed by atoms with Gasteiger partial charge in [0.1, 0.15) is 31.8 Å². The summed E-state index contributed by atoms with van der Waals surface area (Å²) in [5.41, 5.74) is -1.48. The summed E-state index contributed by atoms with van der Waals surface area (Å²) in [6.45, 7) is 10.6. The fourth-order valence-corrected chi connectivity index (χ4v) is 11.1. The van der Waals surface area contributed by atoms with E-state index in [0.29, 0.717) is 108 Å². The minimum Gasteiger partial charge on any atom is -0.465 e. The number of carbonyl (C=O) groups excluding carboxylic acids is 6. The van der Waals surface area contributed by atoms with Crippen LogP contribution in [0, 0.1) is 28.6 Å². The minimum absolute atomic E-state index is 0.0742. The first-order valence-electron chi connectivity index (χ1n) is 29.0. The summed E-state index contributed by atoms with van der Waals surface area (Å²) in [5, 5.41) is 0. The average molecular weight is 1030 g/mol. The number of hydrogen-bond acceptors (Lipinski definition) is 14. The number of esters is 5. The van der Waals surface area contributed by atoms with Gasteiger partial charge in [0, 0.05) is 32.2 Å². The number of allylic oxidation sites excluding steroid dienone is 2. The van der Waals surface area contributed by atoms with Crippen molar-refractivity contribution in [3.05, 3.63) is 24.3 Å². The molecule has 0 unspecified atom stereocenters.